The normalized spacial score (nSPS) is 11.6. The van der Waals surface area contributed by atoms with Crippen molar-refractivity contribution >= 4 is 17.8 Å². The van der Waals surface area contributed by atoms with Crippen LogP contribution < -0.4 is 16.6 Å². The summed E-state index contributed by atoms with van der Waals surface area (Å²) in [6.07, 6.45) is -0.0431. The van der Waals surface area contributed by atoms with Gasteiger partial charge in [0, 0.05) is 6.20 Å². The number of rotatable bonds is 5. The minimum Gasteiger partial charge on any atom is -0.481 e. The van der Waals surface area contributed by atoms with Crippen molar-refractivity contribution < 1.29 is 24.6 Å². The minimum absolute atomic E-state index is 0.531. The lowest BCUT2D eigenvalue weighted by Crippen LogP contribution is -2.44. The molecule has 1 rings (SSSR count). The van der Waals surface area contributed by atoms with Crippen LogP contribution in [0.15, 0.2) is 15.8 Å². The molecule has 0 aromatic carbocycles. The molecule has 0 saturated heterocycles. The number of aromatic amines is 2. The van der Waals surface area contributed by atoms with E-state index < -0.39 is 47.1 Å². The SMILES string of the molecule is O=C(O)C[C@@H](NC(=O)c1c[nH]c(=O)[nH]c1=O)C(=O)O. The lowest BCUT2D eigenvalue weighted by atomic mass is 10.2. The third-order valence-electron chi connectivity index (χ3n) is 2.05. The van der Waals surface area contributed by atoms with Gasteiger partial charge in [-0.3, -0.25) is 19.4 Å². The van der Waals surface area contributed by atoms with Gasteiger partial charge in [-0.25, -0.2) is 9.59 Å². The van der Waals surface area contributed by atoms with E-state index in [-0.39, 0.29) is 0 Å². The molecule has 0 aliphatic rings. The zero-order chi connectivity index (χ0) is 14.6. The Morgan fingerprint density at radius 3 is 2.37 bits per heavy atom. The number of nitrogens with one attached hydrogen (secondary N) is 3. The summed E-state index contributed by atoms with van der Waals surface area (Å²) in [5, 5.41) is 19.0. The van der Waals surface area contributed by atoms with Crippen molar-refractivity contribution in [1.29, 1.82) is 0 Å². The average molecular weight is 271 g/mol. The van der Waals surface area contributed by atoms with E-state index in [0.717, 1.165) is 6.20 Å². The van der Waals surface area contributed by atoms with Crippen LogP contribution in [-0.4, -0.2) is 44.1 Å². The summed E-state index contributed by atoms with van der Waals surface area (Å²) in [5.41, 5.74) is -2.38. The highest BCUT2D eigenvalue weighted by Crippen LogP contribution is 1.95. The van der Waals surface area contributed by atoms with Gasteiger partial charge in [0.2, 0.25) is 0 Å². The summed E-state index contributed by atoms with van der Waals surface area (Å²) in [6, 6.07) is -1.68. The number of hydrogen-bond donors (Lipinski definition) is 5. The van der Waals surface area contributed by atoms with Gasteiger partial charge >= 0.3 is 17.6 Å². The van der Waals surface area contributed by atoms with E-state index in [1.54, 1.807) is 4.98 Å². The lowest BCUT2D eigenvalue weighted by Gasteiger charge is -2.11. The Labute approximate surface area is 104 Å². The summed E-state index contributed by atoms with van der Waals surface area (Å²) in [4.78, 5) is 58.5. The maximum absolute atomic E-state index is 11.6. The van der Waals surface area contributed by atoms with Crippen molar-refractivity contribution in [3.05, 3.63) is 32.6 Å². The van der Waals surface area contributed by atoms with Gasteiger partial charge in [-0.05, 0) is 0 Å². The highest BCUT2D eigenvalue weighted by molar-refractivity contribution is 5.96. The molecular weight excluding hydrogens is 262 g/mol. The molecule has 0 aliphatic heterocycles. The van der Waals surface area contributed by atoms with Crippen molar-refractivity contribution in [1.82, 2.24) is 15.3 Å². The Morgan fingerprint density at radius 1 is 1.26 bits per heavy atom. The molecule has 0 saturated carbocycles. The zero-order valence-electron chi connectivity index (χ0n) is 9.30. The molecule has 1 atom stereocenters. The summed E-state index contributed by atoms with van der Waals surface area (Å²) in [6.45, 7) is 0. The zero-order valence-corrected chi connectivity index (χ0v) is 9.30. The van der Waals surface area contributed by atoms with Gasteiger partial charge in [0.15, 0.2) is 0 Å². The maximum atomic E-state index is 11.6. The molecule has 10 heteroatoms. The molecule has 0 radical (unpaired) electrons. The standard InChI is InChI=1S/C9H9N3O7/c13-5(14)1-4(8(17)18)11-6(15)3-2-10-9(19)12-7(3)16/h2,4H,1H2,(H,11,15)(H,13,14)(H,17,18)(H2,10,12,16,19)/t4-/m1/s1. The predicted octanol–water partition coefficient (Wildman–Crippen LogP) is -2.28. The van der Waals surface area contributed by atoms with Crippen LogP contribution in [0.3, 0.4) is 0 Å². The van der Waals surface area contributed by atoms with E-state index in [4.69, 9.17) is 10.2 Å². The largest absolute Gasteiger partial charge is 0.481 e. The Hall–Kier alpha value is -2.91. The first kappa shape index (κ1) is 14.2. The number of hydrogen-bond acceptors (Lipinski definition) is 5. The van der Waals surface area contributed by atoms with E-state index in [2.05, 4.69) is 0 Å². The summed E-state index contributed by atoms with van der Waals surface area (Å²) in [5.74, 6) is -4.09. The second-order valence-electron chi connectivity index (χ2n) is 3.45. The van der Waals surface area contributed by atoms with E-state index in [1.807, 2.05) is 10.3 Å². The highest BCUT2D eigenvalue weighted by Gasteiger charge is 2.24. The first-order valence-corrected chi connectivity index (χ1v) is 4.88. The Balaban J connectivity index is 2.94. The molecule has 1 heterocycles. The number of carbonyl (C=O) groups is 3. The fourth-order valence-electron chi connectivity index (χ4n) is 1.19. The number of aliphatic carboxylic acids is 2. The van der Waals surface area contributed by atoms with Gasteiger partial charge in [0.25, 0.3) is 11.5 Å². The number of H-pyrrole nitrogens is 2. The smallest absolute Gasteiger partial charge is 0.326 e. The molecule has 1 amide bonds. The van der Waals surface area contributed by atoms with E-state index in [1.165, 1.54) is 0 Å². The second kappa shape index (κ2) is 5.62. The average Bonchev–Trinajstić information content (AvgIpc) is 2.26. The van der Waals surface area contributed by atoms with Crippen molar-refractivity contribution in [2.24, 2.45) is 0 Å². The van der Waals surface area contributed by atoms with Crippen LogP contribution in [-0.2, 0) is 9.59 Å². The van der Waals surface area contributed by atoms with Gasteiger partial charge in [-0.1, -0.05) is 0 Å². The van der Waals surface area contributed by atoms with E-state index >= 15 is 0 Å². The molecule has 0 fully saturated rings. The first-order valence-electron chi connectivity index (χ1n) is 4.88. The van der Waals surface area contributed by atoms with Crippen LogP contribution in [0.2, 0.25) is 0 Å². The molecule has 0 spiro atoms. The van der Waals surface area contributed by atoms with Crippen LogP contribution in [0, 0.1) is 0 Å². The molecular formula is C9H9N3O7. The molecule has 5 N–H and O–H groups in total. The monoisotopic (exact) mass is 271 g/mol. The number of aromatic nitrogens is 2. The predicted molar refractivity (Wildman–Crippen MR) is 58.8 cm³/mol. The molecule has 102 valence electrons. The van der Waals surface area contributed by atoms with Gasteiger partial charge in [-0.2, -0.15) is 0 Å². The summed E-state index contributed by atoms with van der Waals surface area (Å²) in [7, 11) is 0. The Kier molecular flexibility index (Phi) is 4.19. The molecule has 19 heavy (non-hydrogen) atoms. The minimum atomic E-state index is -1.68. The lowest BCUT2D eigenvalue weighted by molar-refractivity contribution is -0.145. The van der Waals surface area contributed by atoms with Gasteiger partial charge in [0.05, 0.1) is 6.42 Å². The van der Waals surface area contributed by atoms with Crippen molar-refractivity contribution in [2.45, 2.75) is 12.5 Å². The Morgan fingerprint density at radius 2 is 1.89 bits per heavy atom. The summed E-state index contributed by atoms with van der Waals surface area (Å²) >= 11 is 0. The Bertz CT molecular complexity index is 629. The van der Waals surface area contributed by atoms with Gasteiger partial charge < -0.3 is 20.5 Å². The topological polar surface area (TPSA) is 169 Å². The summed E-state index contributed by atoms with van der Waals surface area (Å²) < 4.78 is 0. The first-order chi connectivity index (χ1) is 8.81. The molecule has 1 aromatic rings. The van der Waals surface area contributed by atoms with E-state index in [9.17, 15) is 24.0 Å². The van der Waals surface area contributed by atoms with Crippen LogP contribution in [0.25, 0.3) is 0 Å². The third kappa shape index (κ3) is 3.80. The van der Waals surface area contributed by atoms with Crippen molar-refractivity contribution in [3.8, 4) is 0 Å². The molecule has 1 aromatic heterocycles. The van der Waals surface area contributed by atoms with Crippen molar-refractivity contribution in [3.63, 3.8) is 0 Å². The second-order valence-corrected chi connectivity index (χ2v) is 3.45. The number of carbonyl (C=O) groups excluding carboxylic acids is 1. The molecule has 0 unspecified atom stereocenters. The van der Waals surface area contributed by atoms with E-state index in [0.29, 0.717) is 0 Å². The van der Waals surface area contributed by atoms with Crippen LogP contribution in [0.1, 0.15) is 16.8 Å². The molecule has 10 nitrogen and oxygen atoms in total. The van der Waals surface area contributed by atoms with Crippen LogP contribution >= 0.6 is 0 Å². The van der Waals surface area contributed by atoms with Gasteiger partial charge in [-0.15, -0.1) is 0 Å². The number of amides is 1. The third-order valence-corrected chi connectivity index (χ3v) is 2.05. The maximum Gasteiger partial charge on any atom is 0.326 e. The number of carboxylic acid groups (broad SMARTS) is 2. The molecule has 0 aliphatic carbocycles. The number of carboxylic acids is 2. The van der Waals surface area contributed by atoms with Crippen LogP contribution in [0.5, 0.6) is 0 Å². The fraction of sp³-hybridized carbons (Fsp3) is 0.222. The fourth-order valence-corrected chi connectivity index (χ4v) is 1.19. The van der Waals surface area contributed by atoms with Gasteiger partial charge in [0.1, 0.15) is 11.6 Å². The van der Waals surface area contributed by atoms with Crippen molar-refractivity contribution in [2.75, 3.05) is 0 Å². The van der Waals surface area contributed by atoms with Crippen LogP contribution in [0.4, 0.5) is 0 Å². The molecule has 0 bridgehead atoms. The highest BCUT2D eigenvalue weighted by atomic mass is 16.4. The quantitative estimate of drug-likeness (QED) is 0.401.